The molecular formula is C19H22N2O4S2. The predicted octanol–water partition coefficient (Wildman–Crippen LogP) is 3.04. The van der Waals surface area contributed by atoms with E-state index in [9.17, 15) is 19.5 Å². The van der Waals surface area contributed by atoms with Gasteiger partial charge < -0.3 is 10.4 Å². The number of thiocarbonyl (C=S) groups is 1. The average molecular weight is 407 g/mol. The van der Waals surface area contributed by atoms with Crippen molar-refractivity contribution < 1.29 is 19.5 Å². The monoisotopic (exact) mass is 406 g/mol. The van der Waals surface area contributed by atoms with Crippen LogP contribution in [0.1, 0.15) is 38.2 Å². The molecule has 1 heterocycles. The van der Waals surface area contributed by atoms with Crippen LogP contribution in [0.3, 0.4) is 0 Å². The average Bonchev–Trinajstić information content (AvgIpc) is 2.90. The quantitative estimate of drug-likeness (QED) is 0.484. The summed E-state index contributed by atoms with van der Waals surface area (Å²) in [5.74, 6) is -1.68. The summed E-state index contributed by atoms with van der Waals surface area (Å²) in [4.78, 5) is 37.7. The van der Waals surface area contributed by atoms with Crippen LogP contribution >= 0.6 is 24.0 Å². The molecular weight excluding hydrogens is 384 g/mol. The van der Waals surface area contributed by atoms with Crippen molar-refractivity contribution in [2.75, 3.05) is 6.54 Å². The smallest absolute Gasteiger partial charge is 0.326 e. The molecule has 2 N–H and O–H groups in total. The minimum atomic E-state index is -1.05. The highest BCUT2D eigenvalue weighted by atomic mass is 32.2. The van der Waals surface area contributed by atoms with E-state index >= 15 is 0 Å². The molecule has 2 rings (SSSR count). The largest absolute Gasteiger partial charge is 0.480 e. The van der Waals surface area contributed by atoms with Crippen LogP contribution in [0.4, 0.5) is 0 Å². The van der Waals surface area contributed by atoms with E-state index in [4.69, 9.17) is 12.2 Å². The highest BCUT2D eigenvalue weighted by Crippen LogP contribution is 2.32. The molecule has 1 aliphatic heterocycles. The molecule has 1 aromatic rings. The fraction of sp³-hybridized carbons (Fsp3) is 0.368. The van der Waals surface area contributed by atoms with Crippen molar-refractivity contribution in [2.45, 2.75) is 38.6 Å². The van der Waals surface area contributed by atoms with Gasteiger partial charge in [0, 0.05) is 13.0 Å². The predicted molar refractivity (Wildman–Crippen MR) is 110 cm³/mol. The van der Waals surface area contributed by atoms with Crippen molar-refractivity contribution >= 4 is 52.2 Å². The molecule has 0 bridgehead atoms. The van der Waals surface area contributed by atoms with Gasteiger partial charge in [0.25, 0.3) is 5.91 Å². The standard InChI is InChI=1S/C19H22N2O4S2/c1-2-3-9-14(18(24)25)20-16(22)10-11-21-17(23)15(27-19(21)26)12-13-7-5-4-6-8-13/h4-8,12,14H,2-3,9-11H2,1H3,(H,20,22)(H,24,25)/b15-12-. The molecule has 2 amide bonds. The first-order valence-corrected chi connectivity index (χ1v) is 9.97. The van der Waals surface area contributed by atoms with E-state index in [0.717, 1.165) is 18.4 Å². The number of carboxylic acids is 1. The summed E-state index contributed by atoms with van der Waals surface area (Å²) in [5, 5.41) is 11.7. The zero-order valence-corrected chi connectivity index (χ0v) is 16.6. The Morgan fingerprint density at radius 3 is 2.67 bits per heavy atom. The lowest BCUT2D eigenvalue weighted by molar-refractivity contribution is -0.142. The van der Waals surface area contributed by atoms with E-state index in [1.165, 1.54) is 16.7 Å². The molecule has 6 nitrogen and oxygen atoms in total. The lowest BCUT2D eigenvalue weighted by Crippen LogP contribution is -2.42. The van der Waals surface area contributed by atoms with Crippen LogP contribution in [-0.4, -0.2) is 44.7 Å². The van der Waals surface area contributed by atoms with Gasteiger partial charge in [-0.05, 0) is 18.1 Å². The van der Waals surface area contributed by atoms with Crippen LogP contribution in [0.5, 0.6) is 0 Å². The Bertz CT molecular complexity index is 749. The van der Waals surface area contributed by atoms with Crippen molar-refractivity contribution in [3.05, 3.63) is 40.8 Å². The molecule has 144 valence electrons. The minimum absolute atomic E-state index is 0.000954. The zero-order chi connectivity index (χ0) is 19.8. The highest BCUT2D eigenvalue weighted by molar-refractivity contribution is 8.26. The molecule has 0 radical (unpaired) electrons. The van der Waals surface area contributed by atoms with Crippen LogP contribution in [-0.2, 0) is 14.4 Å². The summed E-state index contributed by atoms with van der Waals surface area (Å²) in [7, 11) is 0. The van der Waals surface area contributed by atoms with Crippen LogP contribution in [0.25, 0.3) is 6.08 Å². The number of unbranched alkanes of at least 4 members (excludes halogenated alkanes) is 1. The first-order chi connectivity index (χ1) is 12.9. The number of rotatable bonds is 9. The second-order valence-electron chi connectivity index (χ2n) is 6.09. The number of aliphatic carboxylic acids is 1. The Balaban J connectivity index is 1.92. The maximum Gasteiger partial charge on any atom is 0.326 e. The molecule has 1 unspecified atom stereocenters. The number of carboxylic acid groups (broad SMARTS) is 1. The summed E-state index contributed by atoms with van der Waals surface area (Å²) >= 11 is 6.45. The van der Waals surface area contributed by atoms with E-state index in [-0.39, 0.29) is 18.9 Å². The summed E-state index contributed by atoms with van der Waals surface area (Å²) < 4.78 is 0.399. The third-order valence-electron chi connectivity index (χ3n) is 4.01. The molecule has 0 aromatic heterocycles. The number of carbonyl (C=O) groups excluding carboxylic acids is 2. The molecule has 0 aliphatic carbocycles. The SMILES string of the molecule is CCCCC(NC(=O)CCN1C(=O)/C(=C/c2ccccc2)SC1=S)C(=O)O. The number of hydrogen-bond acceptors (Lipinski definition) is 5. The molecule has 0 spiro atoms. The third-order valence-corrected chi connectivity index (χ3v) is 5.39. The van der Waals surface area contributed by atoms with Crippen molar-refractivity contribution in [3.8, 4) is 0 Å². The first-order valence-electron chi connectivity index (χ1n) is 8.75. The van der Waals surface area contributed by atoms with Gasteiger partial charge in [0.1, 0.15) is 10.4 Å². The molecule has 1 aliphatic rings. The molecule has 1 aromatic carbocycles. The highest BCUT2D eigenvalue weighted by Gasteiger charge is 2.32. The van der Waals surface area contributed by atoms with E-state index in [2.05, 4.69) is 5.32 Å². The van der Waals surface area contributed by atoms with Gasteiger partial charge in [0.15, 0.2) is 0 Å². The number of hydrogen-bond donors (Lipinski definition) is 2. The molecule has 27 heavy (non-hydrogen) atoms. The number of nitrogens with zero attached hydrogens (tertiary/aromatic N) is 1. The first kappa shape index (κ1) is 21.1. The number of nitrogens with one attached hydrogen (secondary N) is 1. The van der Waals surface area contributed by atoms with Crippen molar-refractivity contribution in [3.63, 3.8) is 0 Å². The minimum Gasteiger partial charge on any atom is -0.480 e. The van der Waals surface area contributed by atoms with Crippen LogP contribution in [0.2, 0.25) is 0 Å². The van der Waals surface area contributed by atoms with Gasteiger partial charge in [-0.2, -0.15) is 0 Å². The van der Waals surface area contributed by atoms with Gasteiger partial charge in [-0.1, -0.05) is 74.1 Å². The topological polar surface area (TPSA) is 86.7 Å². The Morgan fingerprint density at radius 2 is 2.04 bits per heavy atom. The lowest BCUT2D eigenvalue weighted by atomic mass is 10.1. The molecule has 1 fully saturated rings. The van der Waals surface area contributed by atoms with Crippen LogP contribution < -0.4 is 5.32 Å². The zero-order valence-electron chi connectivity index (χ0n) is 15.0. The maximum atomic E-state index is 12.5. The third kappa shape index (κ3) is 6.18. The number of benzene rings is 1. The second kappa shape index (κ2) is 10.2. The summed E-state index contributed by atoms with van der Waals surface area (Å²) in [6.07, 6.45) is 3.73. The number of thioether (sulfide) groups is 1. The fourth-order valence-corrected chi connectivity index (χ4v) is 3.85. The summed E-state index contributed by atoms with van der Waals surface area (Å²) in [5.41, 5.74) is 0.899. The van der Waals surface area contributed by atoms with E-state index in [0.29, 0.717) is 15.6 Å². The van der Waals surface area contributed by atoms with Gasteiger partial charge in [-0.25, -0.2) is 4.79 Å². The van der Waals surface area contributed by atoms with Crippen molar-refractivity contribution in [1.29, 1.82) is 0 Å². The van der Waals surface area contributed by atoms with Crippen molar-refractivity contribution in [1.82, 2.24) is 10.2 Å². The fourth-order valence-electron chi connectivity index (χ4n) is 2.54. The second-order valence-corrected chi connectivity index (χ2v) is 7.77. The Hall–Kier alpha value is -2.19. The normalized spacial score (nSPS) is 16.6. The molecule has 1 saturated heterocycles. The number of carbonyl (C=O) groups is 3. The van der Waals surface area contributed by atoms with E-state index in [1.807, 2.05) is 37.3 Å². The summed E-state index contributed by atoms with van der Waals surface area (Å²) in [6.45, 7) is 2.08. The van der Waals surface area contributed by atoms with E-state index in [1.54, 1.807) is 6.08 Å². The van der Waals surface area contributed by atoms with Gasteiger partial charge >= 0.3 is 5.97 Å². The van der Waals surface area contributed by atoms with Gasteiger partial charge in [0.05, 0.1) is 4.91 Å². The summed E-state index contributed by atoms with van der Waals surface area (Å²) in [6, 6.07) is 8.54. The Morgan fingerprint density at radius 1 is 1.33 bits per heavy atom. The van der Waals surface area contributed by atoms with Crippen LogP contribution in [0.15, 0.2) is 35.2 Å². The van der Waals surface area contributed by atoms with Gasteiger partial charge in [0.2, 0.25) is 5.91 Å². The van der Waals surface area contributed by atoms with Crippen molar-refractivity contribution in [2.24, 2.45) is 0 Å². The molecule has 1 atom stereocenters. The Kier molecular flexibility index (Phi) is 7.99. The van der Waals surface area contributed by atoms with Gasteiger partial charge in [-0.15, -0.1) is 0 Å². The lowest BCUT2D eigenvalue weighted by Gasteiger charge is -2.17. The number of amides is 2. The molecule has 8 heteroatoms. The molecule has 0 saturated carbocycles. The van der Waals surface area contributed by atoms with Crippen LogP contribution in [0, 0.1) is 0 Å². The maximum absolute atomic E-state index is 12.5. The Labute approximate surface area is 168 Å². The van der Waals surface area contributed by atoms with E-state index < -0.39 is 17.9 Å². The van der Waals surface area contributed by atoms with Gasteiger partial charge in [-0.3, -0.25) is 14.5 Å².